The molecule has 0 unspecified atom stereocenters. The van der Waals surface area contributed by atoms with Gasteiger partial charge in [0.25, 0.3) is 0 Å². The van der Waals surface area contributed by atoms with Gasteiger partial charge in [0.1, 0.15) is 0 Å². The quantitative estimate of drug-likeness (QED) is 0.317. The first-order valence-corrected chi connectivity index (χ1v) is 5.03. The summed E-state index contributed by atoms with van der Waals surface area (Å²) in [6, 6.07) is 3.67. The largest absolute Gasteiger partial charge is 0.0597 e. The smallest absolute Gasteiger partial charge is 0.0512 e. The van der Waals surface area contributed by atoms with Crippen molar-refractivity contribution in [2.45, 2.75) is 6.92 Å². The average molecular weight is 338 g/mol. The van der Waals surface area contributed by atoms with Crippen LogP contribution in [0.4, 0.5) is 5.69 Å². The van der Waals surface area contributed by atoms with E-state index in [4.69, 9.17) is 5.53 Å². The third kappa shape index (κ3) is 1.91. The van der Waals surface area contributed by atoms with E-state index in [1.807, 2.05) is 13.0 Å². The standard InChI is InChI=1S/C7H5BrIN3/c1-4-5(8)2-3-6(7(4)9)11-12-10/h2-3H,1H3. The highest BCUT2D eigenvalue weighted by molar-refractivity contribution is 14.1. The number of hydrogen-bond acceptors (Lipinski definition) is 1. The molecule has 0 N–H and O–H groups in total. The van der Waals surface area contributed by atoms with E-state index < -0.39 is 0 Å². The first-order chi connectivity index (χ1) is 5.66. The van der Waals surface area contributed by atoms with E-state index in [1.54, 1.807) is 6.07 Å². The third-order valence-electron chi connectivity index (χ3n) is 1.45. The van der Waals surface area contributed by atoms with Crippen LogP contribution in [0.25, 0.3) is 10.4 Å². The molecule has 0 aliphatic carbocycles. The van der Waals surface area contributed by atoms with Crippen LogP contribution in [0.1, 0.15) is 5.56 Å². The van der Waals surface area contributed by atoms with Gasteiger partial charge in [0.05, 0.1) is 5.69 Å². The lowest BCUT2D eigenvalue weighted by Gasteiger charge is -2.03. The average Bonchev–Trinajstić information content (AvgIpc) is 2.07. The SMILES string of the molecule is Cc1c(Br)ccc(N=[N+]=[N-])c1I. The number of rotatable bonds is 1. The van der Waals surface area contributed by atoms with E-state index in [0.29, 0.717) is 5.69 Å². The predicted molar refractivity (Wildman–Crippen MR) is 60.4 cm³/mol. The second-order valence-electron chi connectivity index (χ2n) is 2.19. The summed E-state index contributed by atoms with van der Waals surface area (Å²) in [5, 5.41) is 3.56. The molecule has 0 saturated heterocycles. The van der Waals surface area contributed by atoms with Crippen LogP contribution in [0, 0.1) is 10.5 Å². The Morgan fingerprint density at radius 1 is 1.58 bits per heavy atom. The maximum atomic E-state index is 8.25. The van der Waals surface area contributed by atoms with Crippen LogP contribution < -0.4 is 0 Å². The first-order valence-electron chi connectivity index (χ1n) is 3.16. The van der Waals surface area contributed by atoms with Gasteiger partial charge in [0.2, 0.25) is 0 Å². The number of hydrogen-bond donors (Lipinski definition) is 0. The summed E-state index contributed by atoms with van der Waals surface area (Å²) in [6.07, 6.45) is 0. The summed E-state index contributed by atoms with van der Waals surface area (Å²) in [7, 11) is 0. The minimum atomic E-state index is 0.679. The maximum Gasteiger partial charge on any atom is 0.0512 e. The normalized spacial score (nSPS) is 9.25. The van der Waals surface area contributed by atoms with Crippen molar-refractivity contribution in [2.24, 2.45) is 5.11 Å². The summed E-state index contributed by atoms with van der Waals surface area (Å²) in [5.74, 6) is 0. The van der Waals surface area contributed by atoms with Crippen LogP contribution in [0.15, 0.2) is 21.7 Å². The van der Waals surface area contributed by atoms with Crippen LogP contribution in [-0.2, 0) is 0 Å². The highest BCUT2D eigenvalue weighted by atomic mass is 127. The van der Waals surface area contributed by atoms with Gasteiger partial charge < -0.3 is 0 Å². The van der Waals surface area contributed by atoms with Gasteiger partial charge in [0.15, 0.2) is 0 Å². The van der Waals surface area contributed by atoms with Crippen LogP contribution in [0.5, 0.6) is 0 Å². The Labute approximate surface area is 92.1 Å². The molecular weight excluding hydrogens is 333 g/mol. The van der Waals surface area contributed by atoms with Gasteiger partial charge in [-0.25, -0.2) is 0 Å². The fourth-order valence-electron chi connectivity index (χ4n) is 0.773. The second-order valence-corrected chi connectivity index (χ2v) is 4.13. The molecule has 5 heteroatoms. The topological polar surface area (TPSA) is 48.8 Å². The van der Waals surface area contributed by atoms with Crippen molar-refractivity contribution in [3.05, 3.63) is 36.2 Å². The van der Waals surface area contributed by atoms with Crippen LogP contribution in [0.2, 0.25) is 0 Å². The molecule has 0 atom stereocenters. The van der Waals surface area contributed by atoms with Gasteiger partial charge in [-0.05, 0) is 46.7 Å². The van der Waals surface area contributed by atoms with Gasteiger partial charge in [-0.3, -0.25) is 0 Å². The van der Waals surface area contributed by atoms with Crippen molar-refractivity contribution < 1.29 is 0 Å². The van der Waals surface area contributed by atoms with E-state index >= 15 is 0 Å². The first kappa shape index (κ1) is 9.83. The fourth-order valence-corrected chi connectivity index (χ4v) is 2.05. The lowest BCUT2D eigenvalue weighted by atomic mass is 10.2. The molecule has 0 spiro atoms. The van der Waals surface area contributed by atoms with Gasteiger partial charge >= 0.3 is 0 Å². The number of halogens is 2. The molecule has 0 aromatic heterocycles. The van der Waals surface area contributed by atoms with E-state index in [1.165, 1.54) is 0 Å². The summed E-state index contributed by atoms with van der Waals surface area (Å²) < 4.78 is 2.02. The molecule has 0 aliphatic heterocycles. The molecule has 0 amide bonds. The number of benzene rings is 1. The molecule has 0 saturated carbocycles. The molecule has 0 aliphatic rings. The maximum absolute atomic E-state index is 8.25. The van der Waals surface area contributed by atoms with E-state index in [0.717, 1.165) is 13.6 Å². The molecule has 3 nitrogen and oxygen atoms in total. The van der Waals surface area contributed by atoms with Gasteiger partial charge in [0, 0.05) is 13.0 Å². The summed E-state index contributed by atoms with van der Waals surface area (Å²) >= 11 is 5.55. The monoisotopic (exact) mass is 337 g/mol. The summed E-state index contributed by atoms with van der Waals surface area (Å²) in [4.78, 5) is 2.74. The van der Waals surface area contributed by atoms with Crippen molar-refractivity contribution in [1.29, 1.82) is 0 Å². The van der Waals surface area contributed by atoms with Crippen molar-refractivity contribution >= 4 is 44.2 Å². The number of azide groups is 1. The molecule has 1 aromatic carbocycles. The Kier molecular flexibility index (Phi) is 3.37. The van der Waals surface area contributed by atoms with Crippen molar-refractivity contribution in [1.82, 2.24) is 0 Å². The third-order valence-corrected chi connectivity index (χ3v) is 3.67. The Morgan fingerprint density at radius 3 is 2.83 bits per heavy atom. The highest BCUT2D eigenvalue weighted by Gasteiger charge is 2.03. The van der Waals surface area contributed by atoms with Crippen molar-refractivity contribution in [3.8, 4) is 0 Å². The zero-order valence-electron chi connectivity index (χ0n) is 6.25. The van der Waals surface area contributed by atoms with Crippen LogP contribution in [-0.4, -0.2) is 0 Å². The highest BCUT2D eigenvalue weighted by Crippen LogP contribution is 2.29. The Bertz CT molecular complexity index is 358. The minimum Gasteiger partial charge on any atom is -0.0597 e. The Morgan fingerprint density at radius 2 is 2.25 bits per heavy atom. The van der Waals surface area contributed by atoms with Crippen molar-refractivity contribution in [3.63, 3.8) is 0 Å². The molecule has 1 aromatic rings. The number of nitrogens with zero attached hydrogens (tertiary/aromatic N) is 3. The van der Waals surface area contributed by atoms with E-state index in [9.17, 15) is 0 Å². The van der Waals surface area contributed by atoms with E-state index in [-0.39, 0.29) is 0 Å². The fraction of sp³-hybridized carbons (Fsp3) is 0.143. The molecular formula is C7H5BrIN3. The zero-order valence-corrected chi connectivity index (χ0v) is 10.00. The van der Waals surface area contributed by atoms with Gasteiger partial charge in [-0.2, -0.15) is 0 Å². The predicted octanol–water partition coefficient (Wildman–Crippen LogP) is 4.30. The summed E-state index contributed by atoms with van der Waals surface area (Å²) in [6.45, 7) is 1.97. The molecule has 12 heavy (non-hydrogen) atoms. The zero-order chi connectivity index (χ0) is 9.14. The van der Waals surface area contributed by atoms with Gasteiger partial charge in [-0.15, -0.1) is 0 Å². The molecule has 0 bridgehead atoms. The Hall–Kier alpha value is -0.260. The second kappa shape index (κ2) is 4.11. The van der Waals surface area contributed by atoms with Gasteiger partial charge in [-0.1, -0.05) is 27.1 Å². The van der Waals surface area contributed by atoms with Crippen molar-refractivity contribution in [2.75, 3.05) is 0 Å². The molecule has 62 valence electrons. The molecule has 0 radical (unpaired) electrons. The molecule has 0 heterocycles. The molecule has 1 rings (SSSR count). The molecule has 0 fully saturated rings. The Balaban J connectivity index is 3.35. The van der Waals surface area contributed by atoms with Crippen LogP contribution >= 0.6 is 38.5 Å². The van der Waals surface area contributed by atoms with Crippen LogP contribution in [0.3, 0.4) is 0 Å². The lowest BCUT2D eigenvalue weighted by molar-refractivity contribution is 1.34. The summed E-state index contributed by atoms with van der Waals surface area (Å²) in [5.41, 5.74) is 10.0. The lowest BCUT2D eigenvalue weighted by Crippen LogP contribution is -1.81. The minimum absolute atomic E-state index is 0.679. The van der Waals surface area contributed by atoms with E-state index in [2.05, 4.69) is 48.5 Å².